The van der Waals surface area contributed by atoms with E-state index in [1.165, 1.54) is 17.0 Å². The van der Waals surface area contributed by atoms with Crippen molar-refractivity contribution in [3.63, 3.8) is 0 Å². The Bertz CT molecular complexity index is 1090. The van der Waals surface area contributed by atoms with Gasteiger partial charge in [-0.05, 0) is 36.3 Å². The predicted octanol–water partition coefficient (Wildman–Crippen LogP) is 1.12. The van der Waals surface area contributed by atoms with Crippen molar-refractivity contribution < 1.29 is 29.7 Å². The Labute approximate surface area is 173 Å². The third-order valence-electron chi connectivity index (χ3n) is 4.65. The summed E-state index contributed by atoms with van der Waals surface area (Å²) in [6.45, 7) is -0.415. The molecule has 8 heteroatoms. The molecule has 1 saturated heterocycles. The molecular formula is C21H21N3O5. The topological polar surface area (TPSA) is 99.2 Å². The number of β-amino-alcohol motifs (C(OH)–C–C–N with tert-alkyl or cyclic N) is 1. The van der Waals surface area contributed by atoms with Gasteiger partial charge in [-0.25, -0.2) is 0 Å². The van der Waals surface area contributed by atoms with E-state index >= 15 is 0 Å². The van der Waals surface area contributed by atoms with Crippen LogP contribution in [-0.2, 0) is 9.53 Å². The summed E-state index contributed by atoms with van der Waals surface area (Å²) in [5.74, 6) is -1.49. The van der Waals surface area contributed by atoms with Crippen molar-refractivity contribution in [3.8, 4) is 0 Å². The lowest BCUT2D eigenvalue weighted by atomic mass is 10.1. The number of nitrogens with zero attached hydrogens (tertiary/aromatic N) is 2. The van der Waals surface area contributed by atoms with E-state index in [0.717, 1.165) is 4.90 Å². The van der Waals surface area contributed by atoms with Crippen molar-refractivity contribution in [3.05, 3.63) is 59.6 Å². The summed E-state index contributed by atoms with van der Waals surface area (Å²) in [5, 5.41) is 13.1. The summed E-state index contributed by atoms with van der Waals surface area (Å²) < 4.78 is 38.1. The summed E-state index contributed by atoms with van der Waals surface area (Å²) in [6.07, 6.45) is -1.23. The van der Waals surface area contributed by atoms with E-state index in [9.17, 15) is 19.5 Å². The third kappa shape index (κ3) is 3.85. The maximum atomic E-state index is 12.5. The average molecular weight is 399 g/mol. The van der Waals surface area contributed by atoms with Gasteiger partial charge in [0, 0.05) is 24.5 Å². The minimum Gasteiger partial charge on any atom is -0.389 e. The summed E-state index contributed by atoms with van der Waals surface area (Å²) in [4.78, 5) is 39.1. The van der Waals surface area contributed by atoms with Gasteiger partial charge in [-0.1, -0.05) is 12.1 Å². The van der Waals surface area contributed by atoms with Gasteiger partial charge in [-0.2, -0.15) is 0 Å². The number of morpholine rings is 1. The van der Waals surface area contributed by atoms with Gasteiger partial charge in [0.2, 0.25) is 0 Å². The number of fused-ring (bicyclic) bond motifs is 1. The Morgan fingerprint density at radius 1 is 1.10 bits per heavy atom. The van der Waals surface area contributed by atoms with Crippen LogP contribution < -0.4 is 10.2 Å². The molecule has 2 aliphatic heterocycles. The molecule has 0 aliphatic carbocycles. The largest absolute Gasteiger partial charge is 0.389 e. The number of carbonyl (C=O) groups is 3. The molecule has 0 spiro atoms. The smallest absolute Gasteiger partial charge is 0.261 e. The number of aliphatic hydroxyl groups is 1. The van der Waals surface area contributed by atoms with Gasteiger partial charge in [0.05, 0.1) is 35.9 Å². The zero-order valence-corrected chi connectivity index (χ0v) is 15.4. The van der Waals surface area contributed by atoms with Crippen molar-refractivity contribution in [2.45, 2.75) is 6.10 Å². The average Bonchev–Trinajstić information content (AvgIpc) is 3.04. The minimum atomic E-state index is -1.23. The summed E-state index contributed by atoms with van der Waals surface area (Å²) in [7, 11) is 0. The second-order valence-corrected chi connectivity index (χ2v) is 6.62. The van der Waals surface area contributed by atoms with Gasteiger partial charge in [-0.3, -0.25) is 19.3 Å². The molecule has 1 atom stereocenters. The molecule has 1 fully saturated rings. The van der Waals surface area contributed by atoms with Crippen LogP contribution in [0.1, 0.15) is 26.2 Å². The van der Waals surface area contributed by atoms with Crippen LogP contribution in [0.5, 0.6) is 0 Å². The van der Waals surface area contributed by atoms with Crippen LogP contribution in [-0.4, -0.2) is 66.7 Å². The molecule has 8 nitrogen and oxygen atoms in total. The van der Waals surface area contributed by atoms with Crippen molar-refractivity contribution in [2.24, 2.45) is 0 Å². The maximum Gasteiger partial charge on any atom is 0.261 e. The van der Waals surface area contributed by atoms with Crippen molar-refractivity contribution in [2.75, 3.05) is 43.1 Å². The summed E-state index contributed by atoms with van der Waals surface area (Å²) in [6, 6.07) is 4.74. The normalized spacial score (nSPS) is 19.4. The number of imide groups is 1. The first-order valence-electron chi connectivity index (χ1n) is 11.1. The lowest BCUT2D eigenvalue weighted by molar-refractivity contribution is -0.125. The molecule has 3 amide bonds. The van der Waals surface area contributed by atoms with Gasteiger partial charge in [0.15, 0.2) is 0 Å². The quantitative estimate of drug-likeness (QED) is 0.707. The molecule has 29 heavy (non-hydrogen) atoms. The highest BCUT2D eigenvalue weighted by Gasteiger charge is 2.36. The molecule has 2 aromatic rings. The SMILES string of the molecule is [2H]c1c([2H])c(N2CCOCC2=O)c([2H])c([2H])c1NC[C@@H](O)CN1C(=O)c2ccccc2C1=O. The van der Waals surface area contributed by atoms with E-state index in [0.29, 0.717) is 0 Å². The number of amides is 3. The molecule has 0 aromatic heterocycles. The molecule has 2 N–H and O–H groups in total. The zero-order chi connectivity index (χ0) is 23.9. The third-order valence-corrected chi connectivity index (χ3v) is 4.65. The molecule has 0 bridgehead atoms. The van der Waals surface area contributed by atoms with Gasteiger partial charge in [-0.15, -0.1) is 0 Å². The van der Waals surface area contributed by atoms with E-state index in [-0.39, 0.29) is 55.3 Å². The highest BCUT2D eigenvalue weighted by Crippen LogP contribution is 2.23. The predicted molar refractivity (Wildman–Crippen MR) is 106 cm³/mol. The zero-order valence-electron chi connectivity index (χ0n) is 19.4. The number of rotatable bonds is 6. The lowest BCUT2D eigenvalue weighted by Gasteiger charge is -2.27. The number of nitrogens with one attached hydrogen (secondary N) is 1. The molecule has 0 radical (unpaired) electrons. The van der Waals surface area contributed by atoms with Crippen LogP contribution in [0.4, 0.5) is 11.4 Å². The summed E-state index contributed by atoms with van der Waals surface area (Å²) in [5.41, 5.74) is 0.234. The second-order valence-electron chi connectivity index (χ2n) is 6.62. The van der Waals surface area contributed by atoms with Crippen molar-refractivity contribution in [1.29, 1.82) is 0 Å². The maximum absolute atomic E-state index is 12.5. The van der Waals surface area contributed by atoms with Crippen LogP contribution in [0.25, 0.3) is 0 Å². The Morgan fingerprint density at radius 2 is 1.76 bits per heavy atom. The van der Waals surface area contributed by atoms with E-state index in [1.807, 2.05) is 0 Å². The van der Waals surface area contributed by atoms with Crippen LogP contribution in [0, 0.1) is 0 Å². The molecule has 0 unspecified atom stereocenters. The first-order valence-corrected chi connectivity index (χ1v) is 9.08. The fourth-order valence-electron chi connectivity index (χ4n) is 3.18. The highest BCUT2D eigenvalue weighted by molar-refractivity contribution is 6.21. The lowest BCUT2D eigenvalue weighted by Crippen LogP contribution is -2.41. The van der Waals surface area contributed by atoms with E-state index in [1.54, 1.807) is 12.1 Å². The monoisotopic (exact) mass is 399 g/mol. The van der Waals surface area contributed by atoms with Gasteiger partial charge in [0.1, 0.15) is 6.61 Å². The molecule has 0 saturated carbocycles. The molecule has 150 valence electrons. The standard InChI is InChI=1S/C21H21N3O5/c25-16(12-24-20(27)17-3-1-2-4-18(17)21(24)28)11-22-14-5-7-15(8-6-14)23-9-10-29-13-19(23)26/h1-8,16,22,25H,9-13H2/t16-/m1/s1/i5D,6D,7D,8D. The van der Waals surface area contributed by atoms with Crippen molar-refractivity contribution in [1.82, 2.24) is 4.90 Å². The number of ether oxygens (including phenoxy) is 1. The number of carbonyl (C=O) groups excluding carboxylic acids is 3. The Hall–Kier alpha value is -3.23. The van der Waals surface area contributed by atoms with E-state index in [4.69, 9.17) is 10.2 Å². The van der Waals surface area contributed by atoms with Crippen LogP contribution >= 0.6 is 0 Å². The van der Waals surface area contributed by atoms with Gasteiger partial charge in [0.25, 0.3) is 17.7 Å². The Kier molecular flexibility index (Phi) is 4.07. The Balaban J connectivity index is 1.49. The molecule has 4 rings (SSSR count). The van der Waals surface area contributed by atoms with Gasteiger partial charge < -0.3 is 20.1 Å². The molecular weight excluding hydrogens is 374 g/mol. The molecule has 2 heterocycles. The van der Waals surface area contributed by atoms with Crippen LogP contribution in [0.3, 0.4) is 0 Å². The van der Waals surface area contributed by atoms with E-state index < -0.39 is 48.0 Å². The number of anilines is 2. The molecule has 2 aliphatic rings. The van der Waals surface area contributed by atoms with Crippen LogP contribution in [0.2, 0.25) is 0 Å². The fourth-order valence-corrected chi connectivity index (χ4v) is 3.18. The van der Waals surface area contributed by atoms with E-state index in [2.05, 4.69) is 5.32 Å². The first-order chi connectivity index (χ1) is 15.7. The number of benzene rings is 2. The van der Waals surface area contributed by atoms with Crippen LogP contribution in [0.15, 0.2) is 48.4 Å². The van der Waals surface area contributed by atoms with Gasteiger partial charge >= 0.3 is 0 Å². The number of hydrogen-bond acceptors (Lipinski definition) is 6. The Morgan fingerprint density at radius 3 is 2.38 bits per heavy atom. The first kappa shape index (κ1) is 14.7. The molecule has 2 aromatic carbocycles. The second kappa shape index (κ2) is 8.02. The van der Waals surface area contributed by atoms with Crippen molar-refractivity contribution >= 4 is 29.1 Å². The highest BCUT2D eigenvalue weighted by atomic mass is 16.5. The summed E-state index contributed by atoms with van der Waals surface area (Å²) >= 11 is 0. The number of hydrogen-bond donors (Lipinski definition) is 2. The fraction of sp³-hybridized carbons (Fsp3) is 0.286. The minimum absolute atomic E-state index is 0.112. The number of aliphatic hydroxyl groups excluding tert-OH is 1.